The molecule has 2 N–H and O–H groups in total. The van der Waals surface area contributed by atoms with Crippen LogP contribution in [0.5, 0.6) is 5.88 Å². The van der Waals surface area contributed by atoms with Gasteiger partial charge in [0.05, 0.1) is 18.8 Å². The number of ether oxygens (including phenoxy) is 1. The van der Waals surface area contributed by atoms with E-state index >= 15 is 0 Å². The first-order valence-corrected chi connectivity index (χ1v) is 8.75. The highest BCUT2D eigenvalue weighted by molar-refractivity contribution is 7.89. The van der Waals surface area contributed by atoms with Crippen LogP contribution in [-0.4, -0.2) is 50.2 Å². The lowest BCUT2D eigenvalue weighted by atomic mass is 9.94. The first-order chi connectivity index (χ1) is 10.7. The Morgan fingerprint density at radius 2 is 2.17 bits per heavy atom. The van der Waals surface area contributed by atoms with Gasteiger partial charge in [0.25, 0.3) is 0 Å². The summed E-state index contributed by atoms with van der Waals surface area (Å²) in [4.78, 5) is 5.40. The maximum atomic E-state index is 14.7. The normalized spacial score (nSPS) is 18.3. The standard InChI is InChI=1S/C13H16ClFN4O3S/c14-11-7-10(23(17,20)21)8-18-12(11)22-9-13(15)1-4-19(5-2-13)6-3-16/h7-8H,1-2,4-6,9H2,(H2,17,20,21). The number of rotatable bonds is 5. The average molecular weight is 363 g/mol. The molecule has 2 rings (SSSR count). The second kappa shape index (κ2) is 6.97. The predicted octanol–water partition coefficient (Wildman–Crippen LogP) is 1.09. The fourth-order valence-corrected chi connectivity index (χ4v) is 2.99. The Morgan fingerprint density at radius 1 is 1.52 bits per heavy atom. The van der Waals surface area contributed by atoms with Gasteiger partial charge in [-0.05, 0) is 18.9 Å². The van der Waals surface area contributed by atoms with Crippen molar-refractivity contribution in [2.75, 3.05) is 26.2 Å². The molecule has 0 radical (unpaired) electrons. The summed E-state index contributed by atoms with van der Waals surface area (Å²) in [7, 11) is -3.91. The summed E-state index contributed by atoms with van der Waals surface area (Å²) >= 11 is 5.89. The molecule has 0 unspecified atom stereocenters. The zero-order valence-electron chi connectivity index (χ0n) is 12.2. The molecule has 1 aliphatic rings. The molecule has 0 atom stereocenters. The van der Waals surface area contributed by atoms with Gasteiger partial charge in [0.1, 0.15) is 22.2 Å². The van der Waals surface area contributed by atoms with E-state index < -0.39 is 15.7 Å². The number of aromatic nitrogens is 1. The van der Waals surface area contributed by atoms with E-state index in [0.717, 1.165) is 12.3 Å². The third kappa shape index (κ3) is 4.75. The highest BCUT2D eigenvalue weighted by Gasteiger charge is 2.35. The van der Waals surface area contributed by atoms with Gasteiger partial charge in [0.2, 0.25) is 15.9 Å². The summed E-state index contributed by atoms with van der Waals surface area (Å²) in [6.07, 6.45) is 1.49. The fraction of sp³-hybridized carbons (Fsp3) is 0.538. The molecule has 0 bridgehead atoms. The highest BCUT2D eigenvalue weighted by Crippen LogP contribution is 2.30. The van der Waals surface area contributed by atoms with E-state index in [1.807, 2.05) is 11.0 Å². The molecule has 1 aromatic rings. The Bertz CT molecular complexity index is 714. The molecule has 1 fully saturated rings. The van der Waals surface area contributed by atoms with Crippen molar-refractivity contribution in [1.82, 2.24) is 9.88 Å². The van der Waals surface area contributed by atoms with Crippen molar-refractivity contribution in [3.8, 4) is 11.9 Å². The van der Waals surface area contributed by atoms with Crippen molar-refractivity contribution in [3.63, 3.8) is 0 Å². The second-order valence-electron chi connectivity index (χ2n) is 5.38. The number of alkyl halides is 1. The number of nitrogens with two attached hydrogens (primary N) is 1. The van der Waals surface area contributed by atoms with E-state index in [1.54, 1.807) is 0 Å². The third-order valence-corrected chi connectivity index (χ3v) is 4.78. The maximum Gasteiger partial charge on any atom is 0.239 e. The molecule has 126 valence electrons. The summed E-state index contributed by atoms with van der Waals surface area (Å²) in [6, 6.07) is 3.14. The molecule has 10 heteroatoms. The number of nitriles is 1. The number of primary sulfonamides is 1. The topological polar surface area (TPSA) is 109 Å². The van der Waals surface area contributed by atoms with Crippen molar-refractivity contribution in [2.45, 2.75) is 23.4 Å². The molecule has 7 nitrogen and oxygen atoms in total. The Labute approximate surface area is 138 Å². The summed E-state index contributed by atoms with van der Waals surface area (Å²) in [6.45, 7) is 0.978. The highest BCUT2D eigenvalue weighted by atomic mass is 35.5. The summed E-state index contributed by atoms with van der Waals surface area (Å²) in [5, 5.41) is 13.5. The number of nitrogens with zero attached hydrogens (tertiary/aromatic N) is 3. The van der Waals surface area contributed by atoms with E-state index in [9.17, 15) is 12.8 Å². The molecular weight excluding hydrogens is 347 g/mol. The summed E-state index contributed by atoms with van der Waals surface area (Å²) < 4.78 is 42.3. The van der Waals surface area contributed by atoms with Gasteiger partial charge in [-0.1, -0.05) is 11.6 Å². The summed E-state index contributed by atoms with van der Waals surface area (Å²) in [5.74, 6) is -0.0458. The van der Waals surface area contributed by atoms with E-state index in [-0.39, 0.29) is 41.8 Å². The molecule has 0 aliphatic carbocycles. The van der Waals surface area contributed by atoms with Crippen molar-refractivity contribution in [1.29, 1.82) is 5.26 Å². The first-order valence-electron chi connectivity index (χ1n) is 6.83. The van der Waals surface area contributed by atoms with Crippen LogP contribution in [0.4, 0.5) is 4.39 Å². The Morgan fingerprint density at radius 3 is 2.70 bits per heavy atom. The number of hydrogen-bond donors (Lipinski definition) is 1. The minimum absolute atomic E-state index is 0.0458. The van der Waals surface area contributed by atoms with Crippen LogP contribution in [-0.2, 0) is 10.0 Å². The lowest BCUT2D eigenvalue weighted by Gasteiger charge is -2.34. The lowest BCUT2D eigenvalue weighted by Crippen LogP contribution is -2.45. The predicted molar refractivity (Wildman–Crippen MR) is 81.2 cm³/mol. The van der Waals surface area contributed by atoms with E-state index in [0.29, 0.717) is 13.1 Å². The largest absolute Gasteiger partial charge is 0.473 e. The van der Waals surface area contributed by atoms with Gasteiger partial charge in [0.15, 0.2) is 0 Å². The number of likely N-dealkylation sites (tertiary alicyclic amines) is 1. The average Bonchev–Trinajstić information content (AvgIpc) is 2.48. The first kappa shape index (κ1) is 17.9. The molecule has 1 aliphatic heterocycles. The van der Waals surface area contributed by atoms with Gasteiger partial charge >= 0.3 is 0 Å². The zero-order chi connectivity index (χ0) is 17.1. The van der Waals surface area contributed by atoms with Gasteiger partial charge in [-0.25, -0.2) is 22.9 Å². The molecule has 0 spiro atoms. The van der Waals surface area contributed by atoms with Crippen LogP contribution in [0.2, 0.25) is 5.02 Å². The lowest BCUT2D eigenvalue weighted by molar-refractivity contribution is 0.0196. The van der Waals surface area contributed by atoms with E-state index in [1.165, 1.54) is 0 Å². The second-order valence-corrected chi connectivity index (χ2v) is 7.35. The van der Waals surface area contributed by atoms with Crippen molar-refractivity contribution in [3.05, 3.63) is 17.3 Å². The van der Waals surface area contributed by atoms with Gasteiger partial charge in [-0.3, -0.25) is 4.90 Å². The van der Waals surface area contributed by atoms with Gasteiger partial charge in [-0.2, -0.15) is 5.26 Å². The third-order valence-electron chi connectivity index (χ3n) is 3.62. The van der Waals surface area contributed by atoms with Crippen LogP contribution in [0.3, 0.4) is 0 Å². The Kier molecular flexibility index (Phi) is 5.41. The number of halogens is 2. The van der Waals surface area contributed by atoms with E-state index in [4.69, 9.17) is 26.7 Å². The number of hydrogen-bond acceptors (Lipinski definition) is 6. The molecule has 0 aromatic carbocycles. The van der Waals surface area contributed by atoms with Crippen molar-refractivity contribution in [2.24, 2.45) is 5.14 Å². The molecule has 0 amide bonds. The van der Waals surface area contributed by atoms with Gasteiger partial charge in [-0.15, -0.1) is 0 Å². The van der Waals surface area contributed by atoms with Crippen LogP contribution in [0, 0.1) is 11.3 Å². The summed E-state index contributed by atoms with van der Waals surface area (Å²) in [5.41, 5.74) is -1.53. The minimum Gasteiger partial charge on any atom is -0.473 e. The van der Waals surface area contributed by atoms with E-state index in [2.05, 4.69) is 4.98 Å². The van der Waals surface area contributed by atoms with Crippen LogP contribution in [0.1, 0.15) is 12.8 Å². The molecule has 23 heavy (non-hydrogen) atoms. The van der Waals surface area contributed by atoms with Gasteiger partial charge in [0, 0.05) is 13.1 Å². The number of sulfonamides is 1. The maximum absolute atomic E-state index is 14.7. The molecule has 1 saturated heterocycles. The molecule has 2 heterocycles. The van der Waals surface area contributed by atoms with Gasteiger partial charge < -0.3 is 4.74 Å². The molecule has 1 aromatic heterocycles. The molecule has 0 saturated carbocycles. The quantitative estimate of drug-likeness (QED) is 0.785. The van der Waals surface area contributed by atoms with Crippen LogP contribution in [0.25, 0.3) is 0 Å². The zero-order valence-corrected chi connectivity index (χ0v) is 13.8. The monoisotopic (exact) mass is 362 g/mol. The van der Waals surface area contributed by atoms with Crippen molar-refractivity contribution >= 4 is 21.6 Å². The Hall–Kier alpha value is -1.47. The molecular formula is C13H16ClFN4O3S. The fourth-order valence-electron chi connectivity index (χ4n) is 2.22. The smallest absolute Gasteiger partial charge is 0.239 e. The van der Waals surface area contributed by atoms with Crippen molar-refractivity contribution < 1.29 is 17.5 Å². The SMILES string of the molecule is N#CCN1CCC(F)(COc2ncc(S(N)(=O)=O)cc2Cl)CC1. The number of pyridine rings is 1. The van der Waals surface area contributed by atoms with Crippen LogP contribution < -0.4 is 9.88 Å². The minimum atomic E-state index is -3.91. The Balaban J connectivity index is 1.98. The van der Waals surface area contributed by atoms with Crippen LogP contribution >= 0.6 is 11.6 Å². The van der Waals surface area contributed by atoms with Crippen LogP contribution in [0.15, 0.2) is 17.2 Å². The number of piperidine rings is 1.